The van der Waals surface area contributed by atoms with Crippen molar-refractivity contribution in [3.63, 3.8) is 0 Å². The van der Waals surface area contributed by atoms with E-state index in [2.05, 4.69) is 25.4 Å². The number of morpholine rings is 1. The third-order valence-electron chi connectivity index (χ3n) is 3.69. The first-order valence-electron chi connectivity index (χ1n) is 7.53. The SMILES string of the molecule is Cc1ccc2oc(Nc3nnc(CN4CCOCC4)o3)nc2c1. The Labute approximate surface area is 132 Å². The molecule has 0 unspecified atom stereocenters. The number of aromatic nitrogens is 3. The average Bonchev–Trinajstić information content (AvgIpc) is 3.14. The molecular formula is C15H17N5O3. The Bertz CT molecular complexity index is 806. The maximum atomic E-state index is 5.61. The van der Waals surface area contributed by atoms with Gasteiger partial charge in [0.2, 0.25) is 5.89 Å². The Kier molecular flexibility index (Phi) is 3.68. The number of nitrogens with zero attached hydrogens (tertiary/aromatic N) is 4. The second-order valence-electron chi connectivity index (χ2n) is 5.50. The molecule has 0 amide bonds. The molecule has 3 aromatic rings. The summed E-state index contributed by atoms with van der Waals surface area (Å²) in [7, 11) is 0. The predicted octanol–water partition coefficient (Wildman–Crippen LogP) is 2.10. The summed E-state index contributed by atoms with van der Waals surface area (Å²) < 4.78 is 16.5. The Balaban J connectivity index is 1.45. The van der Waals surface area contributed by atoms with Crippen LogP contribution in [-0.4, -0.2) is 46.4 Å². The number of hydrogen-bond donors (Lipinski definition) is 1. The molecule has 8 nitrogen and oxygen atoms in total. The third-order valence-corrected chi connectivity index (χ3v) is 3.69. The second-order valence-corrected chi connectivity index (χ2v) is 5.50. The van der Waals surface area contributed by atoms with E-state index in [4.69, 9.17) is 13.6 Å². The standard InChI is InChI=1S/C15H17N5O3/c1-10-2-3-12-11(8-10)16-14(22-12)17-15-19-18-13(23-15)9-20-4-6-21-7-5-20/h2-3,8H,4-7,9H2,1H3,(H,16,17,19). The van der Waals surface area contributed by atoms with Gasteiger partial charge < -0.3 is 13.6 Å². The summed E-state index contributed by atoms with van der Waals surface area (Å²) in [5.41, 5.74) is 2.63. The summed E-state index contributed by atoms with van der Waals surface area (Å²) in [5.74, 6) is 0.557. The van der Waals surface area contributed by atoms with Gasteiger partial charge in [-0.2, -0.15) is 4.98 Å². The molecule has 1 saturated heterocycles. The lowest BCUT2D eigenvalue weighted by atomic mass is 10.2. The van der Waals surface area contributed by atoms with E-state index < -0.39 is 0 Å². The van der Waals surface area contributed by atoms with Crippen LogP contribution in [0.25, 0.3) is 11.1 Å². The summed E-state index contributed by atoms with van der Waals surface area (Å²) in [6, 6.07) is 6.44. The largest absolute Gasteiger partial charge is 0.423 e. The minimum atomic E-state index is 0.275. The van der Waals surface area contributed by atoms with Crippen LogP contribution < -0.4 is 5.32 Å². The van der Waals surface area contributed by atoms with E-state index in [0.717, 1.165) is 37.4 Å². The minimum absolute atomic E-state index is 0.275. The van der Waals surface area contributed by atoms with Crippen LogP contribution in [0.3, 0.4) is 0 Å². The summed E-state index contributed by atoms with van der Waals surface area (Å²) in [4.78, 5) is 6.57. The monoisotopic (exact) mass is 315 g/mol. The molecule has 1 fully saturated rings. The van der Waals surface area contributed by atoms with Crippen LogP contribution in [0.2, 0.25) is 0 Å². The first-order valence-corrected chi connectivity index (χ1v) is 7.53. The van der Waals surface area contributed by atoms with Gasteiger partial charge in [0.1, 0.15) is 5.52 Å². The highest BCUT2D eigenvalue weighted by Gasteiger charge is 2.16. The molecule has 120 valence electrons. The number of aryl methyl sites for hydroxylation is 1. The Morgan fingerprint density at radius 1 is 1.13 bits per heavy atom. The lowest BCUT2D eigenvalue weighted by Gasteiger charge is -2.24. The van der Waals surface area contributed by atoms with Crippen LogP contribution in [-0.2, 0) is 11.3 Å². The minimum Gasteiger partial charge on any atom is -0.423 e. The second kappa shape index (κ2) is 5.98. The molecule has 0 radical (unpaired) electrons. The van der Waals surface area contributed by atoms with Crippen LogP contribution in [0.5, 0.6) is 0 Å². The van der Waals surface area contributed by atoms with Crippen LogP contribution in [0.4, 0.5) is 12.0 Å². The van der Waals surface area contributed by atoms with Gasteiger partial charge in [-0.15, -0.1) is 5.10 Å². The molecule has 4 rings (SSSR count). The number of nitrogens with one attached hydrogen (secondary N) is 1. The normalized spacial score (nSPS) is 16.0. The van der Waals surface area contributed by atoms with Crippen molar-refractivity contribution < 1.29 is 13.6 Å². The van der Waals surface area contributed by atoms with E-state index in [-0.39, 0.29) is 6.01 Å². The molecule has 1 N–H and O–H groups in total. The van der Waals surface area contributed by atoms with Crippen molar-refractivity contribution in [2.75, 3.05) is 31.6 Å². The molecule has 23 heavy (non-hydrogen) atoms. The number of fused-ring (bicyclic) bond motifs is 1. The Morgan fingerprint density at radius 3 is 2.87 bits per heavy atom. The van der Waals surface area contributed by atoms with Gasteiger partial charge in [-0.05, 0) is 24.6 Å². The van der Waals surface area contributed by atoms with Crippen molar-refractivity contribution in [3.05, 3.63) is 29.7 Å². The highest BCUT2D eigenvalue weighted by molar-refractivity contribution is 5.75. The number of ether oxygens (including phenoxy) is 1. The quantitative estimate of drug-likeness (QED) is 0.783. The van der Waals surface area contributed by atoms with Crippen molar-refractivity contribution in [2.45, 2.75) is 13.5 Å². The summed E-state index contributed by atoms with van der Waals surface area (Å²) >= 11 is 0. The molecule has 1 aromatic carbocycles. The van der Waals surface area contributed by atoms with Crippen LogP contribution in [0.15, 0.2) is 27.0 Å². The fourth-order valence-corrected chi connectivity index (χ4v) is 2.50. The molecule has 0 saturated carbocycles. The first kappa shape index (κ1) is 14.2. The van der Waals surface area contributed by atoms with Crippen molar-refractivity contribution >= 4 is 23.1 Å². The molecular weight excluding hydrogens is 298 g/mol. The highest BCUT2D eigenvalue weighted by Crippen LogP contribution is 2.22. The van der Waals surface area contributed by atoms with Crippen LogP contribution in [0.1, 0.15) is 11.5 Å². The number of hydrogen-bond acceptors (Lipinski definition) is 8. The predicted molar refractivity (Wildman–Crippen MR) is 82.4 cm³/mol. The Morgan fingerprint density at radius 2 is 2.00 bits per heavy atom. The van der Waals surface area contributed by atoms with Gasteiger partial charge in [0.15, 0.2) is 5.58 Å². The van der Waals surface area contributed by atoms with E-state index in [9.17, 15) is 0 Å². The maximum Gasteiger partial charge on any atom is 0.323 e. The maximum absolute atomic E-state index is 5.61. The smallest absolute Gasteiger partial charge is 0.323 e. The number of anilines is 2. The molecule has 0 spiro atoms. The van der Waals surface area contributed by atoms with Crippen molar-refractivity contribution in [1.29, 1.82) is 0 Å². The van der Waals surface area contributed by atoms with Gasteiger partial charge in [0, 0.05) is 13.1 Å². The molecule has 0 bridgehead atoms. The molecule has 1 aliphatic heterocycles. The molecule has 8 heteroatoms. The average molecular weight is 315 g/mol. The number of rotatable bonds is 4. The van der Waals surface area contributed by atoms with Crippen molar-refractivity contribution in [3.8, 4) is 0 Å². The van der Waals surface area contributed by atoms with Gasteiger partial charge in [-0.1, -0.05) is 11.2 Å². The van der Waals surface area contributed by atoms with Crippen molar-refractivity contribution in [2.24, 2.45) is 0 Å². The van der Waals surface area contributed by atoms with Crippen molar-refractivity contribution in [1.82, 2.24) is 20.1 Å². The van der Waals surface area contributed by atoms with E-state index in [1.165, 1.54) is 0 Å². The summed E-state index contributed by atoms with van der Waals surface area (Å²) in [6.45, 7) is 5.84. The molecule has 3 heterocycles. The van der Waals surface area contributed by atoms with Gasteiger partial charge in [0.25, 0.3) is 0 Å². The van der Waals surface area contributed by atoms with Gasteiger partial charge in [-0.25, -0.2) is 0 Å². The zero-order valence-corrected chi connectivity index (χ0v) is 12.8. The van der Waals surface area contributed by atoms with E-state index in [0.29, 0.717) is 24.0 Å². The zero-order chi connectivity index (χ0) is 15.6. The number of benzene rings is 1. The molecule has 0 aliphatic carbocycles. The van der Waals surface area contributed by atoms with Crippen LogP contribution in [0, 0.1) is 6.92 Å². The topological polar surface area (TPSA) is 89.5 Å². The third kappa shape index (κ3) is 3.17. The van der Waals surface area contributed by atoms with E-state index in [1.54, 1.807) is 0 Å². The fraction of sp³-hybridized carbons (Fsp3) is 0.400. The summed E-state index contributed by atoms with van der Waals surface area (Å²) in [6.07, 6.45) is 0. The fourth-order valence-electron chi connectivity index (χ4n) is 2.50. The Hall–Kier alpha value is -2.45. The van der Waals surface area contributed by atoms with E-state index >= 15 is 0 Å². The summed E-state index contributed by atoms with van der Waals surface area (Å²) in [5, 5.41) is 10.9. The molecule has 1 aliphatic rings. The lowest BCUT2D eigenvalue weighted by molar-refractivity contribution is 0.0306. The van der Waals surface area contributed by atoms with Gasteiger partial charge in [0.05, 0.1) is 19.8 Å². The van der Waals surface area contributed by atoms with Crippen LogP contribution >= 0.6 is 0 Å². The molecule has 2 aromatic heterocycles. The first-order chi connectivity index (χ1) is 11.3. The number of oxazole rings is 1. The van der Waals surface area contributed by atoms with E-state index in [1.807, 2.05) is 25.1 Å². The van der Waals surface area contributed by atoms with Gasteiger partial charge in [-0.3, -0.25) is 10.2 Å². The zero-order valence-electron chi connectivity index (χ0n) is 12.8. The lowest BCUT2D eigenvalue weighted by Crippen LogP contribution is -2.35. The molecule has 0 atom stereocenters. The highest BCUT2D eigenvalue weighted by atomic mass is 16.5. The van der Waals surface area contributed by atoms with Gasteiger partial charge >= 0.3 is 12.0 Å².